The largest absolute Gasteiger partial charge is 0.481 e. The zero-order chi connectivity index (χ0) is 25.0. The standard InChI is InChI=1S/C21H24ClN5O7/c1-12-14(4-2-5-15(12)22)19(32)24-25-9-7-17(29)26-8-3-6-16(27(26)21(25)34)20(33)23-13(11-28)10-18(30)31/h2,4-5,11,13,16H,3,6-10H2,1H3,(H,23,33)(H,24,32)(H,30,31)/t13-,16-/m0/s1. The summed E-state index contributed by atoms with van der Waals surface area (Å²) in [6.45, 7) is 1.72. The molecule has 2 atom stereocenters. The van der Waals surface area contributed by atoms with Gasteiger partial charge >= 0.3 is 12.0 Å². The molecule has 182 valence electrons. The van der Waals surface area contributed by atoms with Gasteiger partial charge in [0.1, 0.15) is 12.3 Å². The molecule has 34 heavy (non-hydrogen) atoms. The first kappa shape index (κ1) is 25.0. The lowest BCUT2D eigenvalue weighted by atomic mass is 10.1. The summed E-state index contributed by atoms with van der Waals surface area (Å²) in [5, 5.41) is 14.7. The molecule has 2 saturated heterocycles. The highest BCUT2D eigenvalue weighted by atomic mass is 35.5. The minimum absolute atomic E-state index is 0.0959. The fourth-order valence-corrected chi connectivity index (χ4v) is 4.03. The number of carbonyl (C=O) groups excluding carboxylic acids is 5. The van der Waals surface area contributed by atoms with E-state index in [1.807, 2.05) is 0 Å². The molecule has 0 unspecified atom stereocenters. The number of hydrogen-bond acceptors (Lipinski definition) is 6. The second-order valence-corrected chi connectivity index (χ2v) is 8.31. The van der Waals surface area contributed by atoms with Crippen LogP contribution in [0.2, 0.25) is 5.02 Å². The molecule has 0 aliphatic carbocycles. The normalized spacial score (nSPS) is 19.1. The number of carboxylic acid groups (broad SMARTS) is 1. The van der Waals surface area contributed by atoms with Gasteiger partial charge in [-0.05, 0) is 37.5 Å². The number of amides is 5. The second kappa shape index (κ2) is 10.5. The van der Waals surface area contributed by atoms with Crippen LogP contribution in [0.25, 0.3) is 0 Å². The van der Waals surface area contributed by atoms with E-state index in [0.717, 1.165) is 15.0 Å². The quantitative estimate of drug-likeness (QED) is 0.466. The lowest BCUT2D eigenvalue weighted by Crippen LogP contribution is -2.64. The van der Waals surface area contributed by atoms with Crippen molar-refractivity contribution in [1.29, 1.82) is 0 Å². The minimum atomic E-state index is -1.29. The van der Waals surface area contributed by atoms with Crippen LogP contribution in [0.15, 0.2) is 18.2 Å². The van der Waals surface area contributed by atoms with Gasteiger partial charge in [0.05, 0.1) is 19.0 Å². The van der Waals surface area contributed by atoms with Crippen LogP contribution in [0.5, 0.6) is 0 Å². The topological polar surface area (TPSA) is 156 Å². The molecule has 0 saturated carbocycles. The Labute approximate surface area is 199 Å². The Hall–Kier alpha value is -3.67. The Morgan fingerprint density at radius 2 is 2.00 bits per heavy atom. The van der Waals surface area contributed by atoms with Gasteiger partial charge in [-0.1, -0.05) is 17.7 Å². The molecule has 0 radical (unpaired) electrons. The van der Waals surface area contributed by atoms with Crippen LogP contribution >= 0.6 is 11.6 Å². The third kappa shape index (κ3) is 5.28. The van der Waals surface area contributed by atoms with Crippen molar-refractivity contribution in [2.75, 3.05) is 13.1 Å². The molecule has 12 nitrogen and oxygen atoms in total. The first-order valence-electron chi connectivity index (χ1n) is 10.6. The SMILES string of the molecule is Cc1c(Cl)cccc1C(=O)NN1CCC(=O)N2CCC[C@@H](C(=O)N[C@H](C=O)CC(=O)O)N2C1=O. The summed E-state index contributed by atoms with van der Waals surface area (Å²) in [6, 6.07) is 1.47. The van der Waals surface area contributed by atoms with E-state index in [4.69, 9.17) is 16.7 Å². The van der Waals surface area contributed by atoms with Crippen molar-refractivity contribution in [3.05, 3.63) is 34.3 Å². The third-order valence-electron chi connectivity index (χ3n) is 5.60. The second-order valence-electron chi connectivity index (χ2n) is 7.91. The number of nitrogens with zero attached hydrogens (tertiary/aromatic N) is 3. The van der Waals surface area contributed by atoms with E-state index in [-0.39, 0.29) is 31.5 Å². The fourth-order valence-electron chi connectivity index (χ4n) is 3.85. The number of hydrogen-bond donors (Lipinski definition) is 3. The third-order valence-corrected chi connectivity index (χ3v) is 6.01. The molecule has 0 aromatic heterocycles. The summed E-state index contributed by atoms with van der Waals surface area (Å²) in [7, 11) is 0. The van der Waals surface area contributed by atoms with E-state index in [1.165, 1.54) is 6.07 Å². The van der Waals surface area contributed by atoms with Crippen LogP contribution in [-0.4, -0.2) is 81.3 Å². The lowest BCUT2D eigenvalue weighted by molar-refractivity contribution is -0.155. The number of aliphatic carboxylic acids is 1. The summed E-state index contributed by atoms with van der Waals surface area (Å²) >= 11 is 6.08. The van der Waals surface area contributed by atoms with Gasteiger partial charge in [0.2, 0.25) is 11.8 Å². The van der Waals surface area contributed by atoms with Crippen molar-refractivity contribution in [2.45, 2.75) is 44.7 Å². The molecule has 13 heteroatoms. The maximum absolute atomic E-state index is 13.4. The number of carboxylic acids is 1. The van der Waals surface area contributed by atoms with E-state index < -0.39 is 48.2 Å². The number of hydrazine groups is 2. The highest BCUT2D eigenvalue weighted by Crippen LogP contribution is 2.24. The number of nitrogens with one attached hydrogen (secondary N) is 2. The highest BCUT2D eigenvalue weighted by Gasteiger charge is 2.44. The molecule has 2 aliphatic heterocycles. The zero-order valence-corrected chi connectivity index (χ0v) is 19.1. The van der Waals surface area contributed by atoms with Crippen molar-refractivity contribution in [2.24, 2.45) is 0 Å². The molecule has 1 aromatic rings. The Kier molecular flexibility index (Phi) is 7.72. The summed E-state index contributed by atoms with van der Waals surface area (Å²) in [4.78, 5) is 73.9. The van der Waals surface area contributed by atoms with Crippen molar-refractivity contribution in [3.8, 4) is 0 Å². The van der Waals surface area contributed by atoms with E-state index >= 15 is 0 Å². The van der Waals surface area contributed by atoms with Crippen LogP contribution in [0, 0.1) is 6.92 Å². The minimum Gasteiger partial charge on any atom is -0.481 e. The first-order chi connectivity index (χ1) is 16.1. The highest BCUT2D eigenvalue weighted by molar-refractivity contribution is 6.31. The molecule has 0 spiro atoms. The molecule has 2 fully saturated rings. The molecule has 3 rings (SSSR count). The molecule has 0 bridgehead atoms. The van der Waals surface area contributed by atoms with Gasteiger partial charge in [-0.3, -0.25) is 24.6 Å². The van der Waals surface area contributed by atoms with Crippen LogP contribution in [0.3, 0.4) is 0 Å². The number of fused-ring (bicyclic) bond motifs is 1. The van der Waals surface area contributed by atoms with Crippen molar-refractivity contribution < 1.29 is 33.9 Å². The number of aldehydes is 1. The summed E-state index contributed by atoms with van der Waals surface area (Å²) in [5.74, 6) is -3.09. The summed E-state index contributed by atoms with van der Waals surface area (Å²) in [6.07, 6.45) is 0.157. The molecule has 3 N–H and O–H groups in total. The molecule has 5 amide bonds. The fraction of sp³-hybridized carbons (Fsp3) is 0.429. The van der Waals surface area contributed by atoms with Gasteiger partial charge in [0, 0.05) is 23.6 Å². The van der Waals surface area contributed by atoms with Crippen LogP contribution in [-0.2, 0) is 19.2 Å². The van der Waals surface area contributed by atoms with Gasteiger partial charge in [-0.25, -0.2) is 19.8 Å². The van der Waals surface area contributed by atoms with Gasteiger partial charge in [-0.15, -0.1) is 0 Å². The van der Waals surface area contributed by atoms with E-state index in [0.29, 0.717) is 23.3 Å². The molecular formula is C21H24ClN5O7. The number of urea groups is 1. The number of halogens is 1. The van der Waals surface area contributed by atoms with Gasteiger partial charge in [0.15, 0.2) is 0 Å². The van der Waals surface area contributed by atoms with E-state index in [1.54, 1.807) is 19.1 Å². The summed E-state index contributed by atoms with van der Waals surface area (Å²) in [5.41, 5.74) is 3.23. The first-order valence-corrected chi connectivity index (χ1v) is 11.0. The number of rotatable bonds is 7. The Morgan fingerprint density at radius 1 is 1.26 bits per heavy atom. The maximum atomic E-state index is 13.4. The molecular weight excluding hydrogens is 470 g/mol. The molecule has 2 aliphatic rings. The van der Waals surface area contributed by atoms with E-state index in [9.17, 15) is 28.8 Å². The Bertz CT molecular complexity index is 1030. The smallest absolute Gasteiger partial charge is 0.358 e. The number of benzene rings is 1. The van der Waals surface area contributed by atoms with Crippen molar-refractivity contribution >= 4 is 47.6 Å². The predicted octanol–water partition coefficient (Wildman–Crippen LogP) is 0.485. The van der Waals surface area contributed by atoms with Crippen LogP contribution in [0.1, 0.15) is 41.6 Å². The van der Waals surface area contributed by atoms with Gasteiger partial charge in [0.25, 0.3) is 5.91 Å². The summed E-state index contributed by atoms with van der Waals surface area (Å²) < 4.78 is 0. The number of carbonyl (C=O) groups is 6. The Morgan fingerprint density at radius 3 is 2.68 bits per heavy atom. The molecule has 1 aromatic carbocycles. The zero-order valence-electron chi connectivity index (χ0n) is 18.3. The lowest BCUT2D eigenvalue weighted by Gasteiger charge is -2.42. The van der Waals surface area contributed by atoms with Crippen LogP contribution in [0.4, 0.5) is 4.79 Å². The Balaban J connectivity index is 1.83. The average molecular weight is 494 g/mol. The van der Waals surface area contributed by atoms with Crippen molar-refractivity contribution in [3.63, 3.8) is 0 Å². The average Bonchev–Trinajstić information content (AvgIpc) is 2.92. The van der Waals surface area contributed by atoms with Gasteiger partial charge in [-0.2, -0.15) is 0 Å². The predicted molar refractivity (Wildman–Crippen MR) is 117 cm³/mol. The van der Waals surface area contributed by atoms with Crippen molar-refractivity contribution in [1.82, 2.24) is 25.8 Å². The van der Waals surface area contributed by atoms with Gasteiger partial charge < -0.3 is 15.2 Å². The maximum Gasteiger partial charge on any atom is 0.358 e. The monoisotopic (exact) mass is 493 g/mol. The molecule has 2 heterocycles. The van der Waals surface area contributed by atoms with Crippen LogP contribution < -0.4 is 10.7 Å². The van der Waals surface area contributed by atoms with E-state index in [2.05, 4.69) is 10.7 Å².